The highest BCUT2D eigenvalue weighted by Crippen LogP contribution is 2.35. The third-order valence-corrected chi connectivity index (χ3v) is 5.84. The molecular weight excluding hydrogens is 446 g/mol. The van der Waals surface area contributed by atoms with Crippen LogP contribution in [0.1, 0.15) is 49.8 Å². The van der Waals surface area contributed by atoms with Gasteiger partial charge in [0.15, 0.2) is 5.82 Å². The first-order chi connectivity index (χ1) is 17.0. The number of nitrogens with zero attached hydrogens (tertiary/aromatic N) is 2. The van der Waals surface area contributed by atoms with Crippen LogP contribution < -0.4 is 5.32 Å². The van der Waals surface area contributed by atoms with Crippen LogP contribution in [0.3, 0.4) is 0 Å². The van der Waals surface area contributed by atoms with Crippen LogP contribution in [0.25, 0.3) is 11.4 Å². The fraction of sp³-hybridized carbons (Fsp3) is 0.333. The lowest BCUT2D eigenvalue weighted by Crippen LogP contribution is -2.18. The summed E-state index contributed by atoms with van der Waals surface area (Å²) in [6.45, 7) is 2.17. The molecule has 1 amide bonds. The zero-order chi connectivity index (χ0) is 24.6. The smallest absolute Gasteiger partial charge is 0.412 e. The average molecular weight is 476 g/mol. The van der Waals surface area contributed by atoms with Crippen LogP contribution in [-0.4, -0.2) is 33.2 Å². The number of aromatic nitrogens is 2. The number of carboxylic acids is 1. The first-order valence-corrected chi connectivity index (χ1v) is 11.7. The number of ether oxygens (including phenoxy) is 2. The number of benzene rings is 2. The first-order valence-electron chi connectivity index (χ1n) is 11.7. The maximum absolute atomic E-state index is 12.2. The molecule has 35 heavy (non-hydrogen) atoms. The molecule has 1 aliphatic carbocycles. The summed E-state index contributed by atoms with van der Waals surface area (Å²) in [5.41, 5.74) is 3.11. The van der Waals surface area contributed by atoms with Gasteiger partial charge in [-0.15, -0.1) is 0 Å². The van der Waals surface area contributed by atoms with Gasteiger partial charge in [0.25, 0.3) is 0 Å². The quantitative estimate of drug-likeness (QED) is 0.371. The maximum atomic E-state index is 12.2. The molecule has 0 spiro atoms. The van der Waals surface area contributed by atoms with Gasteiger partial charge in [-0.25, -0.2) is 14.8 Å². The van der Waals surface area contributed by atoms with Crippen LogP contribution in [0.2, 0.25) is 0 Å². The van der Waals surface area contributed by atoms with Crippen molar-refractivity contribution in [2.45, 2.75) is 51.4 Å². The number of aliphatic carboxylic acids is 1. The van der Waals surface area contributed by atoms with Crippen molar-refractivity contribution in [2.75, 3.05) is 5.32 Å². The standard InChI is InChI=1S/C27H29N3O5/c1-18(21-5-3-2-4-6-21)35-27(33)30-23-15-28-26(29-16-23)22-11-9-20(10-12-22)17-34-24(14-25(31)32)13-19-7-8-19/h2-6,9-12,15-16,18-19,24H,7-8,13-14,17H2,1H3,(H,30,33)(H,31,32). The summed E-state index contributed by atoms with van der Waals surface area (Å²) in [7, 11) is 0. The molecule has 1 heterocycles. The molecule has 2 N–H and O–H groups in total. The molecule has 4 rings (SSSR count). The van der Waals surface area contributed by atoms with Crippen molar-refractivity contribution in [3.63, 3.8) is 0 Å². The monoisotopic (exact) mass is 475 g/mol. The minimum Gasteiger partial charge on any atom is -0.481 e. The van der Waals surface area contributed by atoms with Crippen molar-refractivity contribution in [1.29, 1.82) is 0 Å². The SMILES string of the molecule is CC(OC(=O)Nc1cnc(-c2ccc(COC(CC(=O)O)CC3CC3)cc2)nc1)c1ccccc1. The lowest BCUT2D eigenvalue weighted by Gasteiger charge is -2.16. The van der Waals surface area contributed by atoms with Crippen molar-refractivity contribution in [3.8, 4) is 11.4 Å². The molecule has 2 aromatic carbocycles. The Morgan fingerprint density at radius 3 is 2.37 bits per heavy atom. The van der Waals surface area contributed by atoms with Crippen LogP contribution in [0.5, 0.6) is 0 Å². The number of hydrogen-bond acceptors (Lipinski definition) is 6. The Hall–Kier alpha value is -3.78. The van der Waals surface area contributed by atoms with Gasteiger partial charge in [0.1, 0.15) is 6.10 Å². The molecular formula is C27H29N3O5. The number of hydrogen-bond donors (Lipinski definition) is 2. The predicted molar refractivity (Wildman–Crippen MR) is 131 cm³/mol. The van der Waals surface area contributed by atoms with E-state index in [4.69, 9.17) is 14.6 Å². The Morgan fingerprint density at radius 2 is 1.74 bits per heavy atom. The van der Waals surface area contributed by atoms with E-state index < -0.39 is 12.1 Å². The van der Waals surface area contributed by atoms with E-state index in [0.717, 1.165) is 36.0 Å². The van der Waals surface area contributed by atoms with Crippen LogP contribution >= 0.6 is 0 Å². The van der Waals surface area contributed by atoms with Crippen molar-refractivity contribution < 1.29 is 24.2 Å². The van der Waals surface area contributed by atoms with Crippen molar-refractivity contribution in [3.05, 3.63) is 78.1 Å². The number of anilines is 1. The van der Waals surface area contributed by atoms with E-state index in [1.807, 2.05) is 61.5 Å². The normalized spacial score (nSPS) is 14.7. The zero-order valence-corrected chi connectivity index (χ0v) is 19.6. The van der Waals surface area contributed by atoms with E-state index in [-0.39, 0.29) is 18.6 Å². The van der Waals surface area contributed by atoms with Gasteiger partial charge in [0, 0.05) is 5.56 Å². The first kappa shape index (κ1) is 24.3. The van der Waals surface area contributed by atoms with E-state index in [9.17, 15) is 9.59 Å². The van der Waals surface area contributed by atoms with E-state index >= 15 is 0 Å². The summed E-state index contributed by atoms with van der Waals surface area (Å²) in [5, 5.41) is 11.8. The number of nitrogens with one attached hydrogen (secondary N) is 1. The average Bonchev–Trinajstić information content (AvgIpc) is 3.67. The Balaban J connectivity index is 1.28. The Morgan fingerprint density at radius 1 is 1.06 bits per heavy atom. The van der Waals surface area contributed by atoms with E-state index in [0.29, 0.717) is 24.0 Å². The van der Waals surface area contributed by atoms with Gasteiger partial charge in [0.05, 0.1) is 37.2 Å². The largest absolute Gasteiger partial charge is 0.481 e. The molecule has 0 saturated heterocycles. The zero-order valence-electron chi connectivity index (χ0n) is 19.6. The summed E-state index contributed by atoms with van der Waals surface area (Å²) in [5.74, 6) is 0.289. The Labute approximate surface area is 204 Å². The van der Waals surface area contributed by atoms with Crippen molar-refractivity contribution in [2.24, 2.45) is 5.92 Å². The Bertz CT molecular complexity index is 1120. The molecule has 182 valence electrons. The molecule has 0 aliphatic heterocycles. The minimum absolute atomic E-state index is 0.0293. The molecule has 2 atom stereocenters. The third kappa shape index (κ3) is 7.61. The highest BCUT2D eigenvalue weighted by molar-refractivity contribution is 5.84. The number of amides is 1. The number of carbonyl (C=O) groups is 2. The van der Waals surface area contributed by atoms with Crippen molar-refractivity contribution >= 4 is 17.7 Å². The Kier molecular flexibility index (Phi) is 8.05. The van der Waals surface area contributed by atoms with Gasteiger partial charge in [-0.05, 0) is 30.4 Å². The topological polar surface area (TPSA) is 111 Å². The van der Waals surface area contributed by atoms with E-state index in [2.05, 4.69) is 15.3 Å². The minimum atomic E-state index is -0.833. The second kappa shape index (κ2) is 11.6. The lowest BCUT2D eigenvalue weighted by molar-refractivity contribution is -0.140. The third-order valence-electron chi connectivity index (χ3n) is 5.84. The summed E-state index contributed by atoms with van der Waals surface area (Å²) in [6, 6.07) is 17.1. The van der Waals surface area contributed by atoms with Gasteiger partial charge in [0.2, 0.25) is 0 Å². The second-order valence-corrected chi connectivity index (χ2v) is 8.79. The lowest BCUT2D eigenvalue weighted by atomic mass is 10.1. The van der Waals surface area contributed by atoms with Gasteiger partial charge in [-0.2, -0.15) is 0 Å². The number of carboxylic acid groups (broad SMARTS) is 1. The van der Waals surface area contributed by atoms with Gasteiger partial charge < -0.3 is 14.6 Å². The van der Waals surface area contributed by atoms with E-state index in [1.54, 1.807) is 0 Å². The fourth-order valence-electron chi connectivity index (χ4n) is 3.74. The fourth-order valence-corrected chi connectivity index (χ4v) is 3.74. The van der Waals surface area contributed by atoms with Crippen LogP contribution in [0.15, 0.2) is 67.0 Å². The molecule has 3 aromatic rings. The van der Waals surface area contributed by atoms with Crippen molar-refractivity contribution in [1.82, 2.24) is 9.97 Å². The maximum Gasteiger partial charge on any atom is 0.412 e. The van der Waals surface area contributed by atoms with Crippen LogP contribution in [-0.2, 0) is 20.9 Å². The molecule has 1 saturated carbocycles. The van der Waals surface area contributed by atoms with Gasteiger partial charge in [-0.3, -0.25) is 10.1 Å². The summed E-state index contributed by atoms with van der Waals surface area (Å²) in [4.78, 5) is 32.0. The molecule has 1 fully saturated rings. The van der Waals surface area contributed by atoms with E-state index in [1.165, 1.54) is 12.4 Å². The molecule has 2 unspecified atom stereocenters. The molecule has 0 radical (unpaired) electrons. The highest BCUT2D eigenvalue weighted by Gasteiger charge is 2.27. The summed E-state index contributed by atoms with van der Waals surface area (Å²) >= 11 is 0. The predicted octanol–water partition coefficient (Wildman–Crippen LogP) is 5.61. The number of rotatable bonds is 11. The molecule has 8 heteroatoms. The summed E-state index contributed by atoms with van der Waals surface area (Å²) in [6.07, 6.45) is 5.00. The molecule has 1 aliphatic rings. The molecule has 0 bridgehead atoms. The molecule has 8 nitrogen and oxygen atoms in total. The second-order valence-electron chi connectivity index (χ2n) is 8.79. The van der Waals surface area contributed by atoms with Gasteiger partial charge in [-0.1, -0.05) is 67.4 Å². The molecule has 1 aromatic heterocycles. The summed E-state index contributed by atoms with van der Waals surface area (Å²) < 4.78 is 11.3. The van der Waals surface area contributed by atoms with Gasteiger partial charge >= 0.3 is 12.1 Å². The van der Waals surface area contributed by atoms with Crippen LogP contribution in [0, 0.1) is 5.92 Å². The number of carbonyl (C=O) groups excluding carboxylic acids is 1. The highest BCUT2D eigenvalue weighted by atomic mass is 16.6. The van der Waals surface area contributed by atoms with Crippen LogP contribution in [0.4, 0.5) is 10.5 Å².